The van der Waals surface area contributed by atoms with Crippen molar-refractivity contribution in [3.63, 3.8) is 0 Å². The summed E-state index contributed by atoms with van der Waals surface area (Å²) in [5.74, 6) is 0. The Morgan fingerprint density at radius 2 is 0.774 bits per heavy atom. The van der Waals surface area contributed by atoms with Gasteiger partial charge in [0.15, 0.2) is 0 Å². The zero-order valence-electron chi connectivity index (χ0n) is 29.2. The minimum absolute atomic E-state index is 1.10. The van der Waals surface area contributed by atoms with E-state index in [1.807, 2.05) is 0 Å². The van der Waals surface area contributed by atoms with Crippen LogP contribution in [0.2, 0.25) is 0 Å². The average Bonchev–Trinajstić information content (AvgIpc) is 3.24. The van der Waals surface area contributed by atoms with Gasteiger partial charge in [0.2, 0.25) is 0 Å². The lowest BCUT2D eigenvalue weighted by atomic mass is 9.90. The van der Waals surface area contributed by atoms with Gasteiger partial charge < -0.3 is 4.90 Å². The quantitative estimate of drug-likeness (QED) is 0.159. The van der Waals surface area contributed by atoms with Gasteiger partial charge in [0.25, 0.3) is 0 Å². The van der Waals surface area contributed by atoms with Gasteiger partial charge in [-0.2, -0.15) is 0 Å². The zero-order chi connectivity index (χ0) is 35.1. The summed E-state index contributed by atoms with van der Waals surface area (Å²) in [5, 5.41) is 10.2. The van der Waals surface area contributed by atoms with Crippen LogP contribution >= 0.6 is 0 Å². The molecule has 248 valence electrons. The first-order valence-corrected chi connectivity index (χ1v) is 18.3. The summed E-state index contributed by atoms with van der Waals surface area (Å²) in [6.07, 6.45) is 0. The molecule has 53 heavy (non-hydrogen) atoms. The van der Waals surface area contributed by atoms with E-state index in [9.17, 15) is 0 Å². The Bertz CT molecular complexity index is 2910. The van der Waals surface area contributed by atoms with E-state index in [0.717, 1.165) is 17.1 Å². The van der Waals surface area contributed by atoms with Crippen molar-refractivity contribution in [1.29, 1.82) is 0 Å². The molecule has 0 N–H and O–H groups in total. The molecule has 0 bridgehead atoms. The van der Waals surface area contributed by atoms with Crippen LogP contribution in [0.4, 0.5) is 17.1 Å². The molecule has 0 atom stereocenters. The van der Waals surface area contributed by atoms with Gasteiger partial charge in [0, 0.05) is 17.1 Å². The molecule has 0 unspecified atom stereocenters. The van der Waals surface area contributed by atoms with Crippen molar-refractivity contribution in [2.45, 2.75) is 0 Å². The van der Waals surface area contributed by atoms with Gasteiger partial charge >= 0.3 is 0 Å². The van der Waals surface area contributed by atoms with Crippen molar-refractivity contribution in [3.8, 4) is 33.4 Å². The van der Waals surface area contributed by atoms with Gasteiger partial charge in [0.1, 0.15) is 0 Å². The Hall–Kier alpha value is -6.96. The van der Waals surface area contributed by atoms with Crippen LogP contribution in [0.25, 0.3) is 76.5 Å². The van der Waals surface area contributed by atoms with E-state index in [2.05, 4.69) is 217 Å². The van der Waals surface area contributed by atoms with Crippen molar-refractivity contribution in [1.82, 2.24) is 0 Å². The van der Waals surface area contributed by atoms with E-state index in [4.69, 9.17) is 0 Å². The normalized spacial score (nSPS) is 11.4. The number of nitrogens with zero attached hydrogens (tertiary/aromatic N) is 1. The van der Waals surface area contributed by atoms with Gasteiger partial charge in [-0.05, 0) is 125 Å². The van der Waals surface area contributed by atoms with Gasteiger partial charge in [-0.1, -0.05) is 164 Å². The monoisotopic (exact) mass is 673 g/mol. The molecule has 0 aliphatic rings. The Kier molecular flexibility index (Phi) is 7.55. The number of anilines is 3. The molecule has 10 aromatic rings. The largest absolute Gasteiger partial charge is 0.310 e. The molecule has 1 heteroatoms. The zero-order valence-corrected chi connectivity index (χ0v) is 29.2. The Morgan fingerprint density at radius 1 is 0.245 bits per heavy atom. The molecule has 0 heterocycles. The van der Waals surface area contributed by atoms with Crippen LogP contribution in [0.15, 0.2) is 212 Å². The highest BCUT2D eigenvalue weighted by Gasteiger charge is 2.16. The average molecular weight is 674 g/mol. The predicted octanol–water partition coefficient (Wildman–Crippen LogP) is 14.8. The van der Waals surface area contributed by atoms with Crippen molar-refractivity contribution >= 4 is 60.2 Å². The van der Waals surface area contributed by atoms with Gasteiger partial charge in [0.05, 0.1) is 0 Å². The minimum atomic E-state index is 1.10. The van der Waals surface area contributed by atoms with E-state index >= 15 is 0 Å². The Morgan fingerprint density at radius 3 is 1.53 bits per heavy atom. The van der Waals surface area contributed by atoms with Crippen LogP contribution in [-0.2, 0) is 0 Å². The molecule has 0 aliphatic carbocycles. The summed E-state index contributed by atoms with van der Waals surface area (Å²) < 4.78 is 0. The third kappa shape index (κ3) is 5.60. The third-order valence-corrected chi connectivity index (χ3v) is 10.6. The first kappa shape index (κ1) is 30.8. The molecule has 10 rings (SSSR count). The first-order chi connectivity index (χ1) is 26.3. The van der Waals surface area contributed by atoms with Crippen molar-refractivity contribution in [3.05, 3.63) is 212 Å². The Labute approximate surface area is 309 Å². The molecule has 0 aliphatic heterocycles. The van der Waals surface area contributed by atoms with Crippen LogP contribution in [0.3, 0.4) is 0 Å². The summed E-state index contributed by atoms with van der Waals surface area (Å²) in [5.41, 5.74) is 10.6. The van der Waals surface area contributed by atoms with Crippen LogP contribution in [0, 0.1) is 0 Å². The maximum Gasteiger partial charge on any atom is 0.0467 e. The maximum absolute atomic E-state index is 2.37. The van der Waals surface area contributed by atoms with Gasteiger partial charge in [-0.15, -0.1) is 0 Å². The van der Waals surface area contributed by atoms with Crippen molar-refractivity contribution < 1.29 is 0 Å². The van der Waals surface area contributed by atoms with Crippen LogP contribution in [0.5, 0.6) is 0 Å². The number of benzene rings is 10. The van der Waals surface area contributed by atoms with Crippen LogP contribution < -0.4 is 4.90 Å². The fraction of sp³-hybridized carbons (Fsp3) is 0. The van der Waals surface area contributed by atoms with E-state index in [-0.39, 0.29) is 0 Å². The van der Waals surface area contributed by atoms with Crippen LogP contribution in [-0.4, -0.2) is 0 Å². The fourth-order valence-electron chi connectivity index (χ4n) is 7.97. The highest BCUT2D eigenvalue weighted by molar-refractivity contribution is 6.24. The minimum Gasteiger partial charge on any atom is -0.310 e. The number of hydrogen-bond donors (Lipinski definition) is 0. The third-order valence-electron chi connectivity index (χ3n) is 10.6. The topological polar surface area (TPSA) is 3.24 Å². The lowest BCUT2D eigenvalue weighted by molar-refractivity contribution is 1.28. The highest BCUT2D eigenvalue weighted by atomic mass is 15.1. The molecule has 0 saturated heterocycles. The summed E-state index contributed by atoms with van der Waals surface area (Å²) in [4.78, 5) is 2.37. The summed E-state index contributed by atoms with van der Waals surface area (Å²) in [6, 6.07) is 77.2. The number of rotatable bonds is 6. The van der Waals surface area contributed by atoms with Crippen LogP contribution in [0.1, 0.15) is 0 Å². The fourth-order valence-corrected chi connectivity index (χ4v) is 7.97. The van der Waals surface area contributed by atoms with Crippen molar-refractivity contribution in [2.24, 2.45) is 0 Å². The lowest BCUT2D eigenvalue weighted by Gasteiger charge is -2.26. The predicted molar refractivity (Wildman–Crippen MR) is 227 cm³/mol. The van der Waals surface area contributed by atoms with E-state index in [1.165, 1.54) is 76.5 Å². The summed E-state index contributed by atoms with van der Waals surface area (Å²) in [7, 11) is 0. The molecule has 0 aromatic heterocycles. The number of hydrogen-bond acceptors (Lipinski definition) is 1. The maximum atomic E-state index is 2.37. The van der Waals surface area contributed by atoms with Gasteiger partial charge in [-0.25, -0.2) is 0 Å². The lowest BCUT2D eigenvalue weighted by Crippen LogP contribution is -2.10. The van der Waals surface area contributed by atoms with Gasteiger partial charge in [-0.3, -0.25) is 0 Å². The smallest absolute Gasteiger partial charge is 0.0467 e. The second-order valence-corrected chi connectivity index (χ2v) is 13.8. The Balaban J connectivity index is 1.10. The summed E-state index contributed by atoms with van der Waals surface area (Å²) in [6.45, 7) is 0. The molecular weight excluding hydrogens is 639 g/mol. The molecular formula is C52H35N. The van der Waals surface area contributed by atoms with E-state index < -0.39 is 0 Å². The van der Waals surface area contributed by atoms with Crippen molar-refractivity contribution in [2.75, 3.05) is 4.90 Å². The highest BCUT2D eigenvalue weighted by Crippen LogP contribution is 2.42. The summed E-state index contributed by atoms with van der Waals surface area (Å²) >= 11 is 0. The molecule has 0 fully saturated rings. The molecule has 10 aromatic carbocycles. The molecule has 0 radical (unpaired) electrons. The standard InChI is InChI=1S/C52H35N/c1-2-11-36(12-3-1)38-23-28-45(29-24-38)53(47-18-10-17-42(34-47)43-22-21-37-13-4-5-15-41(37)33-43)46-30-25-40(26-31-46)51-35-44-16-7-9-20-49(44)52-48-19-8-6-14-39(48)27-32-50(51)52/h1-35H. The molecule has 0 saturated carbocycles. The SMILES string of the molecule is c1ccc(-c2ccc(N(c3ccc(-c4cc5ccccc5c5c4ccc4ccccc45)cc3)c3cccc(-c4ccc5ccccc5c4)c3)cc2)cc1. The van der Waals surface area contributed by atoms with E-state index in [1.54, 1.807) is 0 Å². The second-order valence-electron chi connectivity index (χ2n) is 13.8. The molecule has 0 spiro atoms. The number of fused-ring (bicyclic) bond motifs is 6. The second kappa shape index (κ2) is 13.0. The molecule has 0 amide bonds. The van der Waals surface area contributed by atoms with E-state index in [0.29, 0.717) is 0 Å². The molecule has 1 nitrogen and oxygen atoms in total. The first-order valence-electron chi connectivity index (χ1n) is 18.3.